The normalized spacial score (nSPS) is 14.7. The molecule has 190 valence electrons. The van der Waals surface area contributed by atoms with E-state index in [1.165, 1.54) is 5.56 Å². The Balaban J connectivity index is 1.46. The smallest absolute Gasteiger partial charge is 0.255 e. The molecule has 0 aliphatic carbocycles. The fraction of sp³-hybridized carbons (Fsp3) is 0.172. The number of benzene rings is 3. The summed E-state index contributed by atoms with van der Waals surface area (Å²) in [5.41, 5.74) is 5.01. The summed E-state index contributed by atoms with van der Waals surface area (Å²) >= 11 is 0. The minimum absolute atomic E-state index is 0.256. The maximum atomic E-state index is 13.9. The van der Waals surface area contributed by atoms with E-state index < -0.39 is 6.04 Å². The Morgan fingerprint density at radius 2 is 1.79 bits per heavy atom. The fourth-order valence-corrected chi connectivity index (χ4v) is 5.04. The van der Waals surface area contributed by atoms with Gasteiger partial charge in [-0.15, -0.1) is 0 Å². The molecule has 0 fully saturated rings. The highest BCUT2D eigenvalue weighted by Crippen LogP contribution is 2.39. The predicted octanol–water partition coefficient (Wildman–Crippen LogP) is 5.00. The summed E-state index contributed by atoms with van der Waals surface area (Å²) in [7, 11) is 0. The van der Waals surface area contributed by atoms with Crippen molar-refractivity contribution in [3.05, 3.63) is 107 Å². The molecule has 1 unspecified atom stereocenters. The SMILES string of the molecule is CCOc1ccccc1NC(=O)C1=C(C)Nc2nnnn2C1c1cn(Cc2ccccc2)c2ccccc12. The third-order valence-electron chi connectivity index (χ3n) is 6.70. The number of hydrogen-bond acceptors (Lipinski definition) is 6. The summed E-state index contributed by atoms with van der Waals surface area (Å²) < 4.78 is 9.62. The average molecular weight is 506 g/mol. The van der Waals surface area contributed by atoms with Crippen LogP contribution in [0.25, 0.3) is 10.9 Å². The van der Waals surface area contributed by atoms with Crippen molar-refractivity contribution < 1.29 is 9.53 Å². The Morgan fingerprint density at radius 1 is 1.03 bits per heavy atom. The number of carbonyl (C=O) groups excluding carboxylic acids is 1. The van der Waals surface area contributed by atoms with E-state index in [1.807, 2.05) is 68.4 Å². The monoisotopic (exact) mass is 505 g/mol. The van der Waals surface area contributed by atoms with Crippen molar-refractivity contribution in [3.8, 4) is 5.75 Å². The number of aromatic nitrogens is 5. The largest absolute Gasteiger partial charge is 0.492 e. The molecule has 9 heteroatoms. The number of anilines is 2. The molecule has 0 saturated heterocycles. The lowest BCUT2D eigenvalue weighted by Crippen LogP contribution is -2.31. The van der Waals surface area contributed by atoms with Gasteiger partial charge in [-0.1, -0.05) is 65.8 Å². The van der Waals surface area contributed by atoms with E-state index in [9.17, 15) is 4.79 Å². The van der Waals surface area contributed by atoms with Crippen molar-refractivity contribution in [2.45, 2.75) is 26.4 Å². The van der Waals surface area contributed by atoms with Crippen molar-refractivity contribution in [3.63, 3.8) is 0 Å². The van der Waals surface area contributed by atoms with Crippen LogP contribution >= 0.6 is 0 Å². The molecular weight excluding hydrogens is 478 g/mol. The van der Waals surface area contributed by atoms with Crippen molar-refractivity contribution in [2.24, 2.45) is 0 Å². The molecule has 38 heavy (non-hydrogen) atoms. The number of para-hydroxylation sites is 3. The summed E-state index contributed by atoms with van der Waals surface area (Å²) in [5.74, 6) is 0.844. The van der Waals surface area contributed by atoms with Crippen LogP contribution < -0.4 is 15.4 Å². The van der Waals surface area contributed by atoms with Gasteiger partial charge in [0.05, 0.1) is 17.9 Å². The van der Waals surface area contributed by atoms with Crippen molar-refractivity contribution in [1.29, 1.82) is 0 Å². The molecule has 2 N–H and O–H groups in total. The number of amides is 1. The molecule has 5 aromatic rings. The Kier molecular flexibility index (Phi) is 6.09. The van der Waals surface area contributed by atoms with Gasteiger partial charge in [0.15, 0.2) is 0 Å². The Labute approximate surface area is 219 Å². The van der Waals surface area contributed by atoms with Gasteiger partial charge in [-0.25, -0.2) is 0 Å². The van der Waals surface area contributed by atoms with E-state index in [-0.39, 0.29) is 5.91 Å². The maximum Gasteiger partial charge on any atom is 0.255 e. The minimum Gasteiger partial charge on any atom is -0.492 e. The first kappa shape index (κ1) is 23.5. The lowest BCUT2D eigenvalue weighted by molar-refractivity contribution is -0.113. The number of nitrogens with one attached hydrogen (secondary N) is 2. The van der Waals surface area contributed by atoms with Crippen LogP contribution in [0.15, 0.2) is 96.3 Å². The standard InChI is InChI=1S/C29H27N7O2/c1-3-38-25-16-10-8-14-23(25)31-28(37)26-19(2)30-29-32-33-34-36(29)27(26)22-18-35(17-20-11-5-4-6-12-20)24-15-9-7-13-21(22)24/h4-16,18,27H,3,17H2,1-2H3,(H,31,37)(H,30,32,34). The lowest BCUT2D eigenvalue weighted by Gasteiger charge is -2.27. The first-order valence-electron chi connectivity index (χ1n) is 12.5. The first-order valence-corrected chi connectivity index (χ1v) is 12.5. The van der Waals surface area contributed by atoms with Crippen LogP contribution in [0.4, 0.5) is 11.6 Å². The summed E-state index contributed by atoms with van der Waals surface area (Å²) in [4.78, 5) is 13.9. The zero-order valence-corrected chi connectivity index (χ0v) is 21.1. The minimum atomic E-state index is -0.539. The van der Waals surface area contributed by atoms with Gasteiger partial charge in [0.25, 0.3) is 5.91 Å². The van der Waals surface area contributed by atoms with E-state index in [0.29, 0.717) is 41.8 Å². The summed E-state index contributed by atoms with van der Waals surface area (Å²) in [6, 6.07) is 25.4. The van der Waals surface area contributed by atoms with Crippen molar-refractivity contribution in [2.75, 3.05) is 17.2 Å². The number of ether oxygens (including phenoxy) is 1. The van der Waals surface area contributed by atoms with Crippen LogP contribution in [0.2, 0.25) is 0 Å². The molecule has 0 spiro atoms. The number of allylic oxidation sites excluding steroid dienone is 1. The van der Waals surface area contributed by atoms with Gasteiger partial charge < -0.3 is 19.9 Å². The number of carbonyl (C=O) groups is 1. The molecule has 1 aliphatic rings. The molecule has 1 atom stereocenters. The maximum absolute atomic E-state index is 13.9. The number of hydrogen-bond donors (Lipinski definition) is 2. The molecule has 0 bridgehead atoms. The second kappa shape index (κ2) is 9.85. The number of fused-ring (bicyclic) bond motifs is 2. The zero-order valence-electron chi connectivity index (χ0n) is 21.1. The van der Waals surface area contributed by atoms with Crippen LogP contribution in [0.3, 0.4) is 0 Å². The van der Waals surface area contributed by atoms with Gasteiger partial charge in [-0.05, 0) is 48.0 Å². The number of rotatable bonds is 7. The first-order chi connectivity index (χ1) is 18.6. The van der Waals surface area contributed by atoms with Crippen molar-refractivity contribution >= 4 is 28.4 Å². The third kappa shape index (κ3) is 4.17. The topological polar surface area (TPSA) is 98.9 Å². The summed E-state index contributed by atoms with van der Waals surface area (Å²) in [6.07, 6.45) is 2.10. The van der Waals surface area contributed by atoms with Gasteiger partial charge in [-0.3, -0.25) is 4.79 Å². The second-order valence-electron chi connectivity index (χ2n) is 9.11. The van der Waals surface area contributed by atoms with Crippen LogP contribution in [-0.2, 0) is 11.3 Å². The molecule has 0 radical (unpaired) electrons. The molecule has 3 heterocycles. The number of tetrazole rings is 1. The molecule has 1 amide bonds. The summed E-state index contributed by atoms with van der Waals surface area (Å²) in [6.45, 7) is 4.98. The van der Waals surface area contributed by atoms with Gasteiger partial charge in [0, 0.05) is 34.9 Å². The molecule has 1 aliphatic heterocycles. The highest BCUT2D eigenvalue weighted by atomic mass is 16.5. The Hall–Kier alpha value is -4.92. The number of nitrogens with zero attached hydrogens (tertiary/aromatic N) is 5. The molecule has 0 saturated carbocycles. The highest BCUT2D eigenvalue weighted by Gasteiger charge is 2.36. The third-order valence-corrected chi connectivity index (χ3v) is 6.70. The molecule has 9 nitrogen and oxygen atoms in total. The van der Waals surface area contributed by atoms with Gasteiger partial charge in [-0.2, -0.15) is 4.68 Å². The molecule has 3 aromatic carbocycles. The predicted molar refractivity (Wildman–Crippen MR) is 146 cm³/mol. The lowest BCUT2D eigenvalue weighted by atomic mass is 9.94. The Bertz CT molecular complexity index is 1650. The molecule has 2 aromatic heterocycles. The molecule has 6 rings (SSSR count). The second-order valence-corrected chi connectivity index (χ2v) is 9.11. The molecular formula is C29H27N7O2. The Morgan fingerprint density at radius 3 is 2.63 bits per heavy atom. The van der Waals surface area contributed by atoms with E-state index in [4.69, 9.17) is 4.74 Å². The van der Waals surface area contributed by atoms with Gasteiger partial charge in [0.1, 0.15) is 11.8 Å². The average Bonchev–Trinajstić information content (AvgIpc) is 3.54. The van der Waals surface area contributed by atoms with Gasteiger partial charge in [0.2, 0.25) is 5.95 Å². The zero-order chi connectivity index (χ0) is 26.1. The van der Waals surface area contributed by atoms with Crippen LogP contribution in [-0.4, -0.2) is 37.3 Å². The van der Waals surface area contributed by atoms with Crippen LogP contribution in [0.5, 0.6) is 5.75 Å². The van der Waals surface area contributed by atoms with Crippen LogP contribution in [0.1, 0.15) is 31.0 Å². The highest BCUT2D eigenvalue weighted by molar-refractivity contribution is 6.07. The van der Waals surface area contributed by atoms with Gasteiger partial charge >= 0.3 is 0 Å². The fourth-order valence-electron chi connectivity index (χ4n) is 5.04. The summed E-state index contributed by atoms with van der Waals surface area (Å²) in [5, 5.41) is 19.6. The quantitative estimate of drug-likeness (QED) is 0.323. The van der Waals surface area contributed by atoms with E-state index in [1.54, 1.807) is 4.68 Å². The van der Waals surface area contributed by atoms with E-state index >= 15 is 0 Å². The van der Waals surface area contributed by atoms with Crippen molar-refractivity contribution in [1.82, 2.24) is 24.8 Å². The van der Waals surface area contributed by atoms with Crippen LogP contribution in [0, 0.1) is 0 Å². The van der Waals surface area contributed by atoms with E-state index in [0.717, 1.165) is 16.5 Å². The van der Waals surface area contributed by atoms with E-state index in [2.05, 4.69) is 61.2 Å².